The molecule has 5 heteroatoms. The highest BCUT2D eigenvalue weighted by Crippen LogP contribution is 2.22. The minimum absolute atomic E-state index is 0.359. The largest absolute Gasteiger partial charge is 0.481 e. The van der Waals surface area contributed by atoms with E-state index < -0.39 is 17.9 Å². The lowest BCUT2D eigenvalue weighted by atomic mass is 10.0. The number of carbonyl (C=O) groups excluding carboxylic acids is 1. The molecule has 2 aromatic carbocycles. The number of nitrogens with one attached hydrogen (secondary N) is 1. The van der Waals surface area contributed by atoms with Crippen LogP contribution in [0.1, 0.15) is 24.2 Å². The molecule has 0 spiro atoms. The summed E-state index contributed by atoms with van der Waals surface area (Å²) in [6.07, 6.45) is 0. The maximum atomic E-state index is 12.3. The predicted octanol–water partition coefficient (Wildman–Crippen LogP) is 2.26. The predicted molar refractivity (Wildman–Crippen MR) is 82.1 cm³/mol. The van der Waals surface area contributed by atoms with Crippen molar-refractivity contribution in [1.29, 1.82) is 0 Å². The van der Waals surface area contributed by atoms with E-state index in [9.17, 15) is 9.59 Å². The van der Waals surface area contributed by atoms with E-state index in [2.05, 4.69) is 5.32 Å². The Kier molecular flexibility index (Phi) is 4.12. The molecule has 0 aliphatic heterocycles. The molecule has 0 fully saturated rings. The van der Waals surface area contributed by atoms with Crippen molar-refractivity contribution < 1.29 is 14.7 Å². The maximum Gasteiger partial charge on any atom is 0.308 e. The Balaban J connectivity index is 2.27. The molecule has 0 aromatic heterocycles. The van der Waals surface area contributed by atoms with E-state index in [-0.39, 0.29) is 5.91 Å². The molecule has 0 aliphatic rings. The van der Waals surface area contributed by atoms with Crippen molar-refractivity contribution in [3.05, 3.63) is 42.0 Å². The van der Waals surface area contributed by atoms with Crippen molar-refractivity contribution in [2.24, 2.45) is 5.92 Å². The summed E-state index contributed by atoms with van der Waals surface area (Å²) in [6.45, 7) is 3.21. The number of carboxylic acid groups (broad SMARTS) is 1. The van der Waals surface area contributed by atoms with Gasteiger partial charge in [-0.3, -0.25) is 9.59 Å². The zero-order valence-corrected chi connectivity index (χ0v) is 12.0. The summed E-state index contributed by atoms with van der Waals surface area (Å²) >= 11 is 0. The zero-order valence-electron chi connectivity index (χ0n) is 12.0. The van der Waals surface area contributed by atoms with Crippen LogP contribution < -0.4 is 11.1 Å². The summed E-state index contributed by atoms with van der Waals surface area (Å²) in [7, 11) is 0. The van der Waals surface area contributed by atoms with Gasteiger partial charge >= 0.3 is 5.97 Å². The van der Waals surface area contributed by atoms with Crippen LogP contribution in [0.4, 0.5) is 5.69 Å². The van der Waals surface area contributed by atoms with Crippen LogP contribution in [0.15, 0.2) is 36.4 Å². The van der Waals surface area contributed by atoms with Gasteiger partial charge in [0.15, 0.2) is 0 Å². The summed E-state index contributed by atoms with van der Waals surface area (Å²) in [5.41, 5.74) is 6.66. The van der Waals surface area contributed by atoms with Crippen molar-refractivity contribution in [2.45, 2.75) is 19.9 Å². The highest BCUT2D eigenvalue weighted by molar-refractivity contribution is 6.04. The molecular weight excluding hydrogens is 268 g/mol. The summed E-state index contributed by atoms with van der Waals surface area (Å²) in [4.78, 5) is 23.2. The number of amides is 1. The number of hydrogen-bond acceptors (Lipinski definition) is 3. The van der Waals surface area contributed by atoms with E-state index in [0.29, 0.717) is 11.3 Å². The third-order valence-electron chi connectivity index (χ3n) is 3.66. The lowest BCUT2D eigenvalue weighted by molar-refractivity contribution is -0.141. The summed E-state index contributed by atoms with van der Waals surface area (Å²) < 4.78 is 0. The van der Waals surface area contributed by atoms with Crippen LogP contribution in [0.25, 0.3) is 10.8 Å². The van der Waals surface area contributed by atoms with Crippen molar-refractivity contribution >= 4 is 28.3 Å². The maximum absolute atomic E-state index is 12.3. The average molecular weight is 286 g/mol. The van der Waals surface area contributed by atoms with E-state index >= 15 is 0 Å². The molecule has 1 amide bonds. The second-order valence-electron chi connectivity index (χ2n) is 5.18. The number of anilines is 1. The fourth-order valence-corrected chi connectivity index (χ4v) is 2.08. The lowest BCUT2D eigenvalue weighted by Gasteiger charge is -2.18. The Hall–Kier alpha value is -2.56. The molecule has 4 N–H and O–H groups in total. The molecule has 0 aliphatic carbocycles. The molecule has 0 saturated carbocycles. The van der Waals surface area contributed by atoms with Crippen molar-refractivity contribution in [2.75, 3.05) is 5.73 Å². The number of carboxylic acids is 1. The first-order chi connectivity index (χ1) is 9.90. The van der Waals surface area contributed by atoms with Crippen LogP contribution in [-0.4, -0.2) is 23.0 Å². The van der Waals surface area contributed by atoms with E-state index in [4.69, 9.17) is 10.8 Å². The molecule has 0 saturated heterocycles. The van der Waals surface area contributed by atoms with Gasteiger partial charge in [0, 0.05) is 11.7 Å². The molecule has 21 heavy (non-hydrogen) atoms. The molecule has 110 valence electrons. The third kappa shape index (κ3) is 3.13. The fraction of sp³-hybridized carbons (Fsp3) is 0.250. The molecule has 0 heterocycles. The number of hydrogen-bond donors (Lipinski definition) is 3. The van der Waals surface area contributed by atoms with Crippen LogP contribution in [0.5, 0.6) is 0 Å². The Bertz CT molecular complexity index is 697. The van der Waals surface area contributed by atoms with Gasteiger partial charge < -0.3 is 16.2 Å². The van der Waals surface area contributed by atoms with E-state index in [1.807, 2.05) is 24.3 Å². The normalized spacial score (nSPS) is 13.6. The van der Waals surface area contributed by atoms with Gasteiger partial charge in [0.2, 0.25) is 0 Å². The van der Waals surface area contributed by atoms with Crippen LogP contribution in [0.3, 0.4) is 0 Å². The Morgan fingerprint density at radius 3 is 2.29 bits per heavy atom. The molecule has 2 atom stereocenters. The van der Waals surface area contributed by atoms with Crippen molar-refractivity contribution in [3.8, 4) is 0 Å². The summed E-state index contributed by atoms with van der Waals surface area (Å²) in [5, 5.41) is 13.5. The van der Waals surface area contributed by atoms with E-state index in [1.165, 1.54) is 0 Å². The average Bonchev–Trinajstić information content (AvgIpc) is 2.45. The van der Waals surface area contributed by atoms with Gasteiger partial charge in [-0.25, -0.2) is 0 Å². The number of aliphatic carboxylic acids is 1. The zero-order chi connectivity index (χ0) is 15.6. The standard InChI is InChI=1S/C16H18N2O3/c1-9(16(20)21)10(2)18-15(19)13-7-11-5-3-4-6-12(11)8-14(13)17/h3-10H,17H2,1-2H3,(H,18,19)(H,20,21). The van der Waals surface area contributed by atoms with Gasteiger partial charge in [0.05, 0.1) is 11.5 Å². The van der Waals surface area contributed by atoms with Crippen LogP contribution in [0.2, 0.25) is 0 Å². The van der Waals surface area contributed by atoms with Crippen LogP contribution >= 0.6 is 0 Å². The molecular formula is C16H18N2O3. The highest BCUT2D eigenvalue weighted by Gasteiger charge is 2.22. The minimum Gasteiger partial charge on any atom is -0.481 e. The fourth-order valence-electron chi connectivity index (χ4n) is 2.08. The van der Waals surface area contributed by atoms with E-state index in [1.54, 1.807) is 26.0 Å². The van der Waals surface area contributed by atoms with Gasteiger partial charge in [-0.15, -0.1) is 0 Å². The SMILES string of the molecule is CC(NC(=O)c1cc2ccccc2cc1N)C(C)C(=O)O. The van der Waals surface area contributed by atoms with Crippen molar-refractivity contribution in [3.63, 3.8) is 0 Å². The topological polar surface area (TPSA) is 92.4 Å². The number of nitrogens with two attached hydrogens (primary N) is 1. The monoisotopic (exact) mass is 286 g/mol. The van der Waals surface area contributed by atoms with Crippen LogP contribution in [-0.2, 0) is 4.79 Å². The first-order valence-corrected chi connectivity index (χ1v) is 6.72. The van der Waals surface area contributed by atoms with Gasteiger partial charge in [-0.1, -0.05) is 24.3 Å². The lowest BCUT2D eigenvalue weighted by Crippen LogP contribution is -2.40. The highest BCUT2D eigenvalue weighted by atomic mass is 16.4. The van der Waals surface area contributed by atoms with E-state index in [0.717, 1.165) is 10.8 Å². The second kappa shape index (κ2) is 5.83. The summed E-state index contributed by atoms with van der Waals surface area (Å²) in [5.74, 6) is -1.98. The quantitative estimate of drug-likeness (QED) is 0.752. The number of carbonyl (C=O) groups is 2. The number of benzene rings is 2. The molecule has 5 nitrogen and oxygen atoms in total. The molecule has 2 aromatic rings. The first kappa shape index (κ1) is 14.8. The van der Waals surface area contributed by atoms with Gasteiger partial charge in [0.1, 0.15) is 0 Å². The number of rotatable bonds is 4. The van der Waals surface area contributed by atoms with Gasteiger partial charge in [-0.2, -0.15) is 0 Å². The second-order valence-corrected chi connectivity index (χ2v) is 5.18. The number of nitrogen functional groups attached to an aromatic ring is 1. The Morgan fingerprint density at radius 2 is 1.71 bits per heavy atom. The Labute approximate surface area is 122 Å². The molecule has 0 radical (unpaired) electrons. The molecule has 0 bridgehead atoms. The van der Waals surface area contributed by atoms with Crippen molar-refractivity contribution in [1.82, 2.24) is 5.32 Å². The van der Waals surface area contributed by atoms with Gasteiger partial charge in [-0.05, 0) is 36.8 Å². The minimum atomic E-state index is -0.950. The summed E-state index contributed by atoms with van der Waals surface area (Å²) in [6, 6.07) is 10.6. The Morgan fingerprint density at radius 1 is 1.14 bits per heavy atom. The number of fused-ring (bicyclic) bond motifs is 1. The smallest absolute Gasteiger partial charge is 0.308 e. The van der Waals surface area contributed by atoms with Gasteiger partial charge in [0.25, 0.3) is 5.91 Å². The third-order valence-corrected chi connectivity index (χ3v) is 3.66. The molecule has 2 unspecified atom stereocenters. The first-order valence-electron chi connectivity index (χ1n) is 6.72. The molecule has 2 rings (SSSR count). The van der Waals surface area contributed by atoms with Crippen LogP contribution in [0, 0.1) is 5.92 Å².